The molecule has 0 radical (unpaired) electrons. The van der Waals surface area contributed by atoms with Crippen LogP contribution in [0.15, 0.2) is 72.9 Å². The Bertz CT molecular complexity index is 1260. The third kappa shape index (κ3) is 6.91. The molecule has 2 fully saturated rings. The van der Waals surface area contributed by atoms with Crippen molar-refractivity contribution in [3.05, 3.63) is 84.1 Å². The normalized spacial score (nSPS) is 19.4. The molecule has 1 aliphatic carbocycles. The summed E-state index contributed by atoms with van der Waals surface area (Å²) in [7, 11) is 1.79. The fourth-order valence-electron chi connectivity index (χ4n) is 5.76. The van der Waals surface area contributed by atoms with Gasteiger partial charge < -0.3 is 20.3 Å². The summed E-state index contributed by atoms with van der Waals surface area (Å²) < 4.78 is 5.53. The van der Waals surface area contributed by atoms with E-state index >= 15 is 0 Å². The van der Waals surface area contributed by atoms with Crippen LogP contribution in [0.2, 0.25) is 0 Å². The number of ether oxygens (including phenoxy) is 1. The van der Waals surface area contributed by atoms with E-state index in [2.05, 4.69) is 50.9 Å². The van der Waals surface area contributed by atoms with Crippen molar-refractivity contribution in [2.24, 2.45) is 0 Å². The lowest BCUT2D eigenvalue weighted by molar-refractivity contribution is 0.0819. The van der Waals surface area contributed by atoms with E-state index in [0.29, 0.717) is 18.2 Å². The van der Waals surface area contributed by atoms with E-state index in [1.54, 1.807) is 19.4 Å². The van der Waals surface area contributed by atoms with Gasteiger partial charge in [-0.05, 0) is 80.5 Å². The minimum Gasteiger partial charge on any atom is -0.381 e. The Labute approximate surface area is 237 Å². The molecule has 5 rings (SSSR count). The van der Waals surface area contributed by atoms with Gasteiger partial charge in [0.2, 0.25) is 0 Å². The van der Waals surface area contributed by atoms with Gasteiger partial charge in [0.05, 0.1) is 11.7 Å². The molecule has 2 aromatic carbocycles. The number of carbonyl (C=O) groups excluding carboxylic acids is 1. The molecule has 2 amide bonds. The first kappa shape index (κ1) is 27.5. The van der Waals surface area contributed by atoms with Crippen molar-refractivity contribution in [3.63, 3.8) is 0 Å². The minimum atomic E-state index is -0.0670. The van der Waals surface area contributed by atoms with Crippen LogP contribution in [0.1, 0.15) is 49.7 Å². The van der Waals surface area contributed by atoms with Crippen LogP contribution in [0.4, 0.5) is 22.0 Å². The van der Waals surface area contributed by atoms with Gasteiger partial charge in [-0.15, -0.1) is 0 Å². The molecule has 0 unspecified atom stereocenters. The average Bonchev–Trinajstić information content (AvgIpc) is 3.02. The topological polar surface area (TPSA) is 93.5 Å². The van der Waals surface area contributed by atoms with E-state index in [9.17, 15) is 4.79 Å². The molecule has 2 N–H and O–H groups in total. The largest absolute Gasteiger partial charge is 0.381 e. The van der Waals surface area contributed by atoms with E-state index in [1.165, 1.54) is 5.69 Å². The van der Waals surface area contributed by atoms with Gasteiger partial charge in [0, 0.05) is 56.4 Å². The Morgan fingerprint density at radius 3 is 2.35 bits per heavy atom. The summed E-state index contributed by atoms with van der Waals surface area (Å²) in [4.78, 5) is 22.4. The fourth-order valence-corrected chi connectivity index (χ4v) is 5.76. The maximum absolute atomic E-state index is 13.6. The second kappa shape index (κ2) is 13.3. The molecule has 8 nitrogen and oxygen atoms in total. The summed E-state index contributed by atoms with van der Waals surface area (Å²) in [5.74, 6) is 0.782. The number of benzene rings is 2. The highest BCUT2D eigenvalue weighted by atomic mass is 16.5. The van der Waals surface area contributed by atoms with Crippen LogP contribution in [-0.4, -0.2) is 49.4 Å². The maximum Gasteiger partial charge on any atom is 0.322 e. The Balaban J connectivity index is 1.26. The first-order valence-electron chi connectivity index (χ1n) is 14.2. The number of piperidine rings is 1. The Morgan fingerprint density at radius 2 is 1.73 bits per heavy atom. The Morgan fingerprint density at radius 1 is 1.00 bits per heavy atom. The number of pyridine rings is 1. The lowest BCUT2D eigenvalue weighted by Gasteiger charge is -2.38. The third-order valence-electron chi connectivity index (χ3n) is 8.08. The monoisotopic (exact) mass is 538 g/mol. The summed E-state index contributed by atoms with van der Waals surface area (Å²) in [6.07, 6.45) is 7.64. The number of nitrogens with zero attached hydrogens (tertiary/aromatic N) is 4. The Hall–Kier alpha value is -4.09. The van der Waals surface area contributed by atoms with Crippen LogP contribution in [0.25, 0.3) is 0 Å². The molecule has 3 aromatic rings. The standard InChI is InChI=1S/C32H38N6O2/c1-40-30-17-19-37(20-18-30)27-12-14-29(15-13-27)38(32(39)35-22-24-5-3-2-4-6-24)28-10-8-26(9-11-28)36-31-16-7-25(21-33)23-34-31/h2-7,12-16,23,26,28,30H,8-11,17-20,22H2,1H3,(H,34,36)(H,35,39)/t26-,28-. The molecule has 0 spiro atoms. The van der Waals surface area contributed by atoms with Crippen LogP contribution in [0.3, 0.4) is 0 Å². The predicted octanol–water partition coefficient (Wildman–Crippen LogP) is 5.71. The van der Waals surface area contributed by atoms with Crippen LogP contribution in [0, 0.1) is 11.3 Å². The molecule has 208 valence electrons. The molecule has 2 heterocycles. The average molecular weight is 539 g/mol. The fraction of sp³-hybridized carbons (Fsp3) is 0.406. The van der Waals surface area contributed by atoms with Crippen molar-refractivity contribution in [1.82, 2.24) is 10.3 Å². The number of rotatable bonds is 8. The van der Waals surface area contributed by atoms with Gasteiger partial charge >= 0.3 is 6.03 Å². The predicted molar refractivity (Wildman–Crippen MR) is 158 cm³/mol. The Kier molecular flexibility index (Phi) is 9.15. The quantitative estimate of drug-likeness (QED) is 0.382. The smallest absolute Gasteiger partial charge is 0.322 e. The summed E-state index contributed by atoms with van der Waals surface area (Å²) in [6, 6.07) is 24.5. The summed E-state index contributed by atoms with van der Waals surface area (Å²) in [6.45, 7) is 2.44. The van der Waals surface area contributed by atoms with Gasteiger partial charge in [-0.25, -0.2) is 9.78 Å². The molecule has 40 heavy (non-hydrogen) atoms. The van der Waals surface area contributed by atoms with E-state index in [1.807, 2.05) is 41.3 Å². The number of methoxy groups -OCH3 is 1. The maximum atomic E-state index is 13.6. The zero-order valence-corrected chi connectivity index (χ0v) is 23.1. The van der Waals surface area contributed by atoms with Crippen LogP contribution < -0.4 is 20.4 Å². The summed E-state index contributed by atoms with van der Waals surface area (Å²) in [5.41, 5.74) is 3.74. The lowest BCUT2D eigenvalue weighted by Crippen LogP contribution is -2.48. The highest BCUT2D eigenvalue weighted by Crippen LogP contribution is 2.31. The van der Waals surface area contributed by atoms with E-state index in [4.69, 9.17) is 10.00 Å². The second-order valence-corrected chi connectivity index (χ2v) is 10.6. The molecule has 2 aliphatic rings. The number of anilines is 3. The van der Waals surface area contributed by atoms with Crippen LogP contribution in [0.5, 0.6) is 0 Å². The molecule has 1 aromatic heterocycles. The van der Waals surface area contributed by atoms with E-state index in [-0.39, 0.29) is 18.1 Å². The highest BCUT2D eigenvalue weighted by Gasteiger charge is 2.30. The van der Waals surface area contributed by atoms with Crippen molar-refractivity contribution < 1.29 is 9.53 Å². The van der Waals surface area contributed by atoms with Gasteiger partial charge in [0.1, 0.15) is 11.9 Å². The van der Waals surface area contributed by atoms with Gasteiger partial charge in [0.25, 0.3) is 0 Å². The molecule has 1 aliphatic heterocycles. The molecular formula is C32H38N6O2. The van der Waals surface area contributed by atoms with Gasteiger partial charge in [-0.3, -0.25) is 4.90 Å². The second-order valence-electron chi connectivity index (χ2n) is 10.6. The molecule has 0 atom stereocenters. The van der Waals surface area contributed by atoms with Crippen molar-refractivity contribution >= 4 is 23.2 Å². The molecule has 1 saturated heterocycles. The van der Waals surface area contributed by atoms with Gasteiger partial charge in [-0.1, -0.05) is 30.3 Å². The van der Waals surface area contributed by atoms with Crippen molar-refractivity contribution in [3.8, 4) is 6.07 Å². The zero-order chi connectivity index (χ0) is 27.7. The number of amides is 2. The molecule has 0 bridgehead atoms. The molecular weight excluding hydrogens is 500 g/mol. The van der Waals surface area contributed by atoms with Gasteiger partial charge in [-0.2, -0.15) is 5.26 Å². The first-order valence-corrected chi connectivity index (χ1v) is 14.2. The molecule has 1 saturated carbocycles. The molecule has 8 heteroatoms. The number of carbonyl (C=O) groups is 1. The number of urea groups is 1. The third-order valence-corrected chi connectivity index (χ3v) is 8.08. The first-order chi connectivity index (χ1) is 19.6. The minimum absolute atomic E-state index is 0.0670. The number of nitrogens with one attached hydrogen (secondary N) is 2. The highest BCUT2D eigenvalue weighted by molar-refractivity contribution is 5.92. The number of nitriles is 1. The van der Waals surface area contributed by atoms with Crippen LogP contribution >= 0.6 is 0 Å². The lowest BCUT2D eigenvalue weighted by atomic mass is 9.90. The number of aromatic nitrogens is 1. The van der Waals surface area contributed by atoms with Gasteiger partial charge in [0.15, 0.2) is 0 Å². The van der Waals surface area contributed by atoms with Crippen molar-refractivity contribution in [1.29, 1.82) is 5.26 Å². The zero-order valence-electron chi connectivity index (χ0n) is 23.1. The van der Waals surface area contributed by atoms with Crippen LogP contribution in [-0.2, 0) is 11.3 Å². The number of hydrogen-bond donors (Lipinski definition) is 2. The van der Waals surface area contributed by atoms with Crippen molar-refractivity contribution in [2.75, 3.05) is 35.3 Å². The summed E-state index contributed by atoms with van der Waals surface area (Å²) in [5, 5.41) is 15.7. The van der Waals surface area contributed by atoms with Crippen molar-refractivity contribution in [2.45, 2.75) is 63.3 Å². The number of hydrogen-bond acceptors (Lipinski definition) is 6. The van der Waals surface area contributed by atoms with E-state index < -0.39 is 0 Å². The summed E-state index contributed by atoms with van der Waals surface area (Å²) >= 11 is 0. The van der Waals surface area contributed by atoms with E-state index in [0.717, 1.165) is 68.7 Å². The SMILES string of the molecule is COC1CCN(c2ccc(N(C(=O)NCc3ccccc3)[C@H]3CC[C@H](Nc4ccc(C#N)cn4)CC3)cc2)CC1.